The maximum Gasteiger partial charge on any atom is 0.310 e. The molecule has 1 aliphatic carbocycles. The van der Waals surface area contributed by atoms with Gasteiger partial charge in [-0.3, -0.25) is 4.79 Å². The van der Waals surface area contributed by atoms with E-state index in [9.17, 15) is 13.2 Å². The molecule has 6 nitrogen and oxygen atoms in total. The molecule has 2 fully saturated rings. The molecule has 2 heterocycles. The van der Waals surface area contributed by atoms with Crippen LogP contribution < -0.4 is 4.74 Å². The molecule has 2 aliphatic heterocycles. The van der Waals surface area contributed by atoms with Crippen molar-refractivity contribution in [2.75, 3.05) is 26.8 Å². The standard InChI is InChI=1S/C17H21NO5S/c1-22-15-6-7-16(13-5-3-2-4-12(13)15)24(20,21)18-8-11-10-23-17(19)14(11)9-18/h6-7,11,14H,2-5,8-10H2,1H3/t11-,14-/m1/s1. The molecule has 24 heavy (non-hydrogen) atoms. The molecule has 7 heteroatoms. The highest BCUT2D eigenvalue weighted by Gasteiger charge is 2.48. The quantitative estimate of drug-likeness (QED) is 0.769. The third-order valence-electron chi connectivity index (χ3n) is 5.44. The summed E-state index contributed by atoms with van der Waals surface area (Å²) in [5, 5.41) is 0. The first-order valence-corrected chi connectivity index (χ1v) is 9.82. The van der Waals surface area contributed by atoms with Gasteiger partial charge in [-0.2, -0.15) is 4.31 Å². The molecular formula is C17H21NO5S. The molecule has 0 radical (unpaired) electrons. The molecule has 0 saturated carbocycles. The van der Waals surface area contributed by atoms with Crippen LogP contribution in [0, 0.1) is 11.8 Å². The number of methoxy groups -OCH3 is 1. The van der Waals surface area contributed by atoms with Crippen LogP contribution in [0.2, 0.25) is 0 Å². The number of cyclic esters (lactones) is 1. The van der Waals surface area contributed by atoms with Gasteiger partial charge in [0.25, 0.3) is 0 Å². The Morgan fingerprint density at radius 2 is 1.92 bits per heavy atom. The second kappa shape index (κ2) is 5.74. The molecular weight excluding hydrogens is 330 g/mol. The summed E-state index contributed by atoms with van der Waals surface area (Å²) in [4.78, 5) is 12.1. The monoisotopic (exact) mass is 351 g/mol. The molecule has 0 bridgehead atoms. The molecule has 4 rings (SSSR count). The van der Waals surface area contributed by atoms with Gasteiger partial charge in [-0.15, -0.1) is 0 Å². The highest BCUT2D eigenvalue weighted by molar-refractivity contribution is 7.89. The first kappa shape index (κ1) is 15.9. The second-order valence-corrected chi connectivity index (χ2v) is 8.66. The molecule has 0 aromatic heterocycles. The van der Waals surface area contributed by atoms with E-state index in [1.165, 1.54) is 4.31 Å². The zero-order chi connectivity index (χ0) is 16.9. The fourth-order valence-electron chi connectivity index (χ4n) is 4.13. The summed E-state index contributed by atoms with van der Waals surface area (Å²) in [6.07, 6.45) is 3.64. The van der Waals surface area contributed by atoms with Crippen LogP contribution in [0.4, 0.5) is 0 Å². The van der Waals surface area contributed by atoms with Crippen LogP contribution in [0.5, 0.6) is 5.75 Å². The number of hydrogen-bond acceptors (Lipinski definition) is 5. The van der Waals surface area contributed by atoms with Gasteiger partial charge in [0, 0.05) is 19.0 Å². The van der Waals surface area contributed by atoms with Gasteiger partial charge in [0.2, 0.25) is 10.0 Å². The van der Waals surface area contributed by atoms with Gasteiger partial charge in [-0.05, 0) is 48.9 Å². The predicted molar refractivity (Wildman–Crippen MR) is 86.3 cm³/mol. The zero-order valence-electron chi connectivity index (χ0n) is 13.7. The molecule has 1 aromatic rings. The van der Waals surface area contributed by atoms with Crippen LogP contribution in [-0.4, -0.2) is 45.5 Å². The van der Waals surface area contributed by atoms with E-state index in [0.29, 0.717) is 18.0 Å². The Balaban J connectivity index is 1.72. The van der Waals surface area contributed by atoms with Gasteiger partial charge >= 0.3 is 5.97 Å². The van der Waals surface area contributed by atoms with Crippen molar-refractivity contribution in [3.63, 3.8) is 0 Å². The van der Waals surface area contributed by atoms with Gasteiger partial charge < -0.3 is 9.47 Å². The topological polar surface area (TPSA) is 72.9 Å². The summed E-state index contributed by atoms with van der Waals surface area (Å²) in [5.41, 5.74) is 1.91. The summed E-state index contributed by atoms with van der Waals surface area (Å²) in [5.74, 6) is 0.176. The lowest BCUT2D eigenvalue weighted by Gasteiger charge is -2.24. The lowest BCUT2D eigenvalue weighted by atomic mass is 9.91. The molecule has 2 saturated heterocycles. The van der Waals surface area contributed by atoms with Crippen molar-refractivity contribution in [1.82, 2.24) is 4.31 Å². The fourth-order valence-corrected chi connectivity index (χ4v) is 5.93. The van der Waals surface area contributed by atoms with E-state index in [0.717, 1.165) is 42.6 Å². The number of rotatable bonds is 3. The van der Waals surface area contributed by atoms with Crippen LogP contribution in [0.1, 0.15) is 24.0 Å². The van der Waals surface area contributed by atoms with Crippen molar-refractivity contribution < 1.29 is 22.7 Å². The second-order valence-electron chi connectivity index (χ2n) is 6.75. The van der Waals surface area contributed by atoms with Crippen molar-refractivity contribution in [2.24, 2.45) is 11.8 Å². The van der Waals surface area contributed by atoms with Crippen molar-refractivity contribution in [3.8, 4) is 5.75 Å². The van der Waals surface area contributed by atoms with Crippen molar-refractivity contribution in [3.05, 3.63) is 23.3 Å². The van der Waals surface area contributed by atoms with Crippen LogP contribution in [-0.2, 0) is 32.4 Å². The molecule has 0 unspecified atom stereocenters. The average Bonchev–Trinajstić information content (AvgIpc) is 3.16. The van der Waals surface area contributed by atoms with Crippen LogP contribution in [0.25, 0.3) is 0 Å². The number of carbonyl (C=O) groups is 1. The minimum absolute atomic E-state index is 0.0126. The number of carbonyl (C=O) groups excluding carboxylic acids is 1. The van der Waals surface area contributed by atoms with E-state index < -0.39 is 10.0 Å². The first-order chi connectivity index (χ1) is 11.5. The van der Waals surface area contributed by atoms with Gasteiger partial charge in [-0.25, -0.2) is 8.42 Å². The van der Waals surface area contributed by atoms with Crippen molar-refractivity contribution in [2.45, 2.75) is 30.6 Å². The molecule has 3 aliphatic rings. The number of benzene rings is 1. The lowest BCUT2D eigenvalue weighted by Crippen LogP contribution is -2.32. The van der Waals surface area contributed by atoms with E-state index in [1.54, 1.807) is 19.2 Å². The Labute approximate surface area is 141 Å². The van der Waals surface area contributed by atoms with Gasteiger partial charge in [0.05, 0.1) is 24.5 Å². The van der Waals surface area contributed by atoms with Crippen molar-refractivity contribution >= 4 is 16.0 Å². The summed E-state index contributed by atoms with van der Waals surface area (Å²) in [6.45, 7) is 0.919. The maximum absolute atomic E-state index is 13.2. The Kier molecular flexibility index (Phi) is 3.80. The molecule has 1 aromatic carbocycles. The number of ether oxygens (including phenoxy) is 2. The van der Waals surface area contributed by atoms with Gasteiger partial charge in [0.1, 0.15) is 5.75 Å². The van der Waals surface area contributed by atoms with Crippen LogP contribution >= 0.6 is 0 Å². The Bertz CT molecular complexity index is 788. The number of fused-ring (bicyclic) bond motifs is 2. The average molecular weight is 351 g/mol. The van der Waals surface area contributed by atoms with E-state index in [-0.39, 0.29) is 24.3 Å². The Morgan fingerprint density at radius 1 is 1.17 bits per heavy atom. The zero-order valence-corrected chi connectivity index (χ0v) is 14.5. The normalized spacial score (nSPS) is 26.8. The highest BCUT2D eigenvalue weighted by Crippen LogP contribution is 2.38. The lowest BCUT2D eigenvalue weighted by molar-refractivity contribution is -0.141. The SMILES string of the molecule is COc1ccc(S(=O)(=O)N2C[C@@H]3COC(=O)[C@@H]3C2)c2c1CCCC2. The van der Waals surface area contributed by atoms with E-state index in [4.69, 9.17) is 9.47 Å². The number of hydrogen-bond donors (Lipinski definition) is 0. The third-order valence-corrected chi connectivity index (χ3v) is 7.35. The first-order valence-electron chi connectivity index (χ1n) is 8.38. The fraction of sp³-hybridized carbons (Fsp3) is 0.588. The predicted octanol–water partition coefficient (Wildman–Crippen LogP) is 1.37. The molecule has 130 valence electrons. The summed E-state index contributed by atoms with van der Waals surface area (Å²) in [7, 11) is -1.98. The van der Waals surface area contributed by atoms with Crippen LogP contribution in [0.15, 0.2) is 17.0 Å². The largest absolute Gasteiger partial charge is 0.496 e. The Morgan fingerprint density at radius 3 is 2.62 bits per heavy atom. The Hall–Kier alpha value is -1.60. The minimum atomic E-state index is -3.60. The maximum atomic E-state index is 13.2. The molecule has 0 N–H and O–H groups in total. The molecule has 2 atom stereocenters. The van der Waals surface area contributed by atoms with Gasteiger partial charge in [-0.1, -0.05) is 0 Å². The number of sulfonamides is 1. The summed E-state index contributed by atoms with van der Waals surface area (Å²) >= 11 is 0. The minimum Gasteiger partial charge on any atom is -0.496 e. The summed E-state index contributed by atoms with van der Waals surface area (Å²) in [6, 6.07) is 3.41. The number of nitrogens with zero attached hydrogens (tertiary/aromatic N) is 1. The van der Waals surface area contributed by atoms with E-state index in [2.05, 4.69) is 0 Å². The van der Waals surface area contributed by atoms with E-state index in [1.807, 2.05) is 0 Å². The highest BCUT2D eigenvalue weighted by atomic mass is 32.2. The molecule has 0 amide bonds. The van der Waals surface area contributed by atoms with Crippen molar-refractivity contribution in [1.29, 1.82) is 0 Å². The summed E-state index contributed by atoms with van der Waals surface area (Å²) < 4.78 is 38.3. The van der Waals surface area contributed by atoms with E-state index >= 15 is 0 Å². The number of esters is 1. The molecule has 0 spiro atoms. The smallest absolute Gasteiger partial charge is 0.310 e. The van der Waals surface area contributed by atoms with Crippen LogP contribution in [0.3, 0.4) is 0 Å². The van der Waals surface area contributed by atoms with Gasteiger partial charge in [0.15, 0.2) is 0 Å². The third kappa shape index (κ3) is 2.33.